The number of aliphatic hydroxyl groups excluding tert-OH is 1. The zero-order valence-corrected chi connectivity index (χ0v) is 21.8. The van der Waals surface area contributed by atoms with Crippen LogP contribution in [-0.4, -0.2) is 56.5 Å². The van der Waals surface area contributed by atoms with Crippen LogP contribution in [0.3, 0.4) is 0 Å². The third-order valence-electron chi connectivity index (χ3n) is 8.19. The van der Waals surface area contributed by atoms with E-state index >= 15 is 0 Å². The number of fused-ring (bicyclic) bond motifs is 4. The van der Waals surface area contributed by atoms with Crippen molar-refractivity contribution in [3.05, 3.63) is 53.3 Å². The minimum atomic E-state index is -0.690. The van der Waals surface area contributed by atoms with Gasteiger partial charge in [0, 0.05) is 30.7 Å². The van der Waals surface area contributed by atoms with E-state index in [0.717, 1.165) is 54.6 Å². The molecule has 2 aromatic carbocycles. The monoisotopic (exact) mass is 492 g/mol. The lowest BCUT2D eigenvalue weighted by atomic mass is 9.72. The molecule has 3 heterocycles. The predicted molar refractivity (Wildman–Crippen MR) is 139 cm³/mol. The first-order chi connectivity index (χ1) is 17.5. The lowest BCUT2D eigenvalue weighted by molar-refractivity contribution is -0.0186. The highest BCUT2D eigenvalue weighted by molar-refractivity contribution is 5.88. The number of pyridine rings is 1. The maximum Gasteiger partial charge on any atom is 0.161 e. The summed E-state index contributed by atoms with van der Waals surface area (Å²) in [7, 11) is 6.62. The van der Waals surface area contributed by atoms with Crippen LogP contribution in [0.25, 0.3) is 10.8 Å². The second kappa shape index (κ2) is 10.1. The third kappa shape index (κ3) is 4.14. The van der Waals surface area contributed by atoms with Crippen LogP contribution in [0.15, 0.2) is 36.5 Å². The fourth-order valence-corrected chi connectivity index (χ4v) is 6.24. The van der Waals surface area contributed by atoms with Gasteiger partial charge in [0.15, 0.2) is 23.0 Å². The summed E-state index contributed by atoms with van der Waals surface area (Å²) < 4.78 is 22.2. The standard InChI is InChI=1S/C29H36N2O5/c1-6-17-16-31-10-8-19-12-25(34-3)26(35-4)14-20(19)23(31)13-22(17)29(32)28-21-15-27(36-5)24(33-2)11-18(21)7-9-30-28/h7,9,11-12,14-15,17,22-23,29,32H,6,8,10,13,16H2,1-5H3. The molecular weight excluding hydrogens is 456 g/mol. The highest BCUT2D eigenvalue weighted by Crippen LogP contribution is 2.49. The minimum absolute atomic E-state index is 0.0708. The van der Waals surface area contributed by atoms with Gasteiger partial charge in [0.05, 0.1) is 40.2 Å². The molecule has 0 saturated carbocycles. The van der Waals surface area contributed by atoms with E-state index in [1.807, 2.05) is 18.2 Å². The normalized spacial score (nSPS) is 22.4. The molecule has 36 heavy (non-hydrogen) atoms. The molecule has 4 unspecified atom stereocenters. The molecule has 0 spiro atoms. The van der Waals surface area contributed by atoms with E-state index in [0.29, 0.717) is 23.1 Å². The molecule has 3 aromatic rings. The molecule has 2 aliphatic rings. The van der Waals surface area contributed by atoms with Crippen molar-refractivity contribution in [3.8, 4) is 23.0 Å². The van der Waals surface area contributed by atoms with Crippen LogP contribution in [0, 0.1) is 11.8 Å². The zero-order valence-electron chi connectivity index (χ0n) is 21.8. The first kappa shape index (κ1) is 24.7. The Kier molecular flexibility index (Phi) is 6.95. The number of hydrogen-bond acceptors (Lipinski definition) is 7. The van der Waals surface area contributed by atoms with Gasteiger partial charge < -0.3 is 24.1 Å². The summed E-state index contributed by atoms with van der Waals surface area (Å²) in [6.07, 6.45) is 3.93. The summed E-state index contributed by atoms with van der Waals surface area (Å²) >= 11 is 0. The summed E-state index contributed by atoms with van der Waals surface area (Å²) in [5, 5.41) is 13.7. The fourth-order valence-electron chi connectivity index (χ4n) is 6.24. The fraction of sp³-hybridized carbons (Fsp3) is 0.483. The van der Waals surface area contributed by atoms with E-state index in [1.54, 1.807) is 34.6 Å². The van der Waals surface area contributed by atoms with E-state index in [9.17, 15) is 5.11 Å². The molecular formula is C29H36N2O5. The van der Waals surface area contributed by atoms with Crippen molar-refractivity contribution in [2.75, 3.05) is 41.5 Å². The molecule has 0 amide bonds. The largest absolute Gasteiger partial charge is 0.493 e. The van der Waals surface area contributed by atoms with Crippen LogP contribution in [0.2, 0.25) is 0 Å². The van der Waals surface area contributed by atoms with E-state index in [1.165, 1.54) is 11.1 Å². The quantitative estimate of drug-likeness (QED) is 0.500. The van der Waals surface area contributed by atoms with Gasteiger partial charge in [-0.3, -0.25) is 9.88 Å². The Labute approximate surface area is 212 Å². The van der Waals surface area contributed by atoms with Crippen molar-refractivity contribution in [1.29, 1.82) is 0 Å². The molecule has 4 atom stereocenters. The number of hydrogen-bond donors (Lipinski definition) is 1. The molecule has 0 bridgehead atoms. The number of ether oxygens (including phenoxy) is 4. The first-order valence-electron chi connectivity index (χ1n) is 12.7. The Morgan fingerprint density at radius 2 is 1.64 bits per heavy atom. The summed E-state index contributed by atoms with van der Waals surface area (Å²) in [6.45, 7) is 4.19. The van der Waals surface area contributed by atoms with Crippen LogP contribution in [0.5, 0.6) is 23.0 Å². The topological polar surface area (TPSA) is 73.3 Å². The third-order valence-corrected chi connectivity index (χ3v) is 8.19. The first-order valence-corrected chi connectivity index (χ1v) is 12.7. The second-order valence-electron chi connectivity index (χ2n) is 9.80. The van der Waals surface area contributed by atoms with Crippen molar-refractivity contribution in [2.45, 2.75) is 38.3 Å². The van der Waals surface area contributed by atoms with E-state index in [2.05, 4.69) is 28.9 Å². The molecule has 7 nitrogen and oxygen atoms in total. The zero-order chi connectivity index (χ0) is 25.4. The lowest BCUT2D eigenvalue weighted by Gasteiger charge is -2.48. The molecule has 7 heteroatoms. The van der Waals surface area contributed by atoms with E-state index < -0.39 is 6.10 Å². The molecule has 1 N–H and O–H groups in total. The average Bonchev–Trinajstić information content (AvgIpc) is 2.93. The molecule has 0 aliphatic carbocycles. The molecule has 2 aliphatic heterocycles. The number of methoxy groups -OCH3 is 4. The van der Waals surface area contributed by atoms with E-state index in [-0.39, 0.29) is 12.0 Å². The highest BCUT2D eigenvalue weighted by atomic mass is 16.5. The van der Waals surface area contributed by atoms with Crippen molar-refractivity contribution in [2.24, 2.45) is 11.8 Å². The van der Waals surface area contributed by atoms with Crippen LogP contribution >= 0.6 is 0 Å². The van der Waals surface area contributed by atoms with Gasteiger partial charge >= 0.3 is 0 Å². The Bertz CT molecular complexity index is 1250. The molecule has 0 radical (unpaired) electrons. The summed E-state index contributed by atoms with van der Waals surface area (Å²) in [5.41, 5.74) is 3.29. The molecule has 1 aromatic heterocycles. The van der Waals surface area contributed by atoms with Crippen LogP contribution in [0.1, 0.15) is 48.7 Å². The van der Waals surface area contributed by atoms with Gasteiger partial charge in [0.2, 0.25) is 0 Å². The Morgan fingerprint density at radius 3 is 2.33 bits per heavy atom. The van der Waals surface area contributed by atoms with Crippen LogP contribution < -0.4 is 18.9 Å². The molecule has 1 saturated heterocycles. The summed E-state index contributed by atoms with van der Waals surface area (Å²) in [5.74, 6) is 3.27. The maximum atomic E-state index is 11.9. The Balaban J connectivity index is 1.53. The van der Waals surface area contributed by atoms with Crippen LogP contribution in [-0.2, 0) is 6.42 Å². The van der Waals surface area contributed by atoms with Gasteiger partial charge in [-0.2, -0.15) is 0 Å². The predicted octanol–water partition coefficient (Wildman–Crippen LogP) is 4.95. The molecule has 192 valence electrons. The number of piperidine rings is 1. The summed E-state index contributed by atoms with van der Waals surface area (Å²) in [4.78, 5) is 7.26. The van der Waals surface area contributed by atoms with Crippen molar-refractivity contribution >= 4 is 10.8 Å². The number of aliphatic hydroxyl groups is 1. The number of aromatic nitrogens is 1. The lowest BCUT2D eigenvalue weighted by Crippen LogP contribution is -2.47. The maximum absolute atomic E-state index is 11.9. The van der Waals surface area contributed by atoms with Gasteiger partial charge in [0.25, 0.3) is 0 Å². The Hall–Kier alpha value is -3.03. The SMILES string of the molecule is CCC1CN2CCc3cc(OC)c(OC)cc3C2CC1C(O)c1nccc2cc(OC)c(OC)cc12. The average molecular weight is 493 g/mol. The van der Waals surface area contributed by atoms with Gasteiger partial charge in [-0.05, 0) is 71.5 Å². The van der Waals surface area contributed by atoms with Crippen LogP contribution in [0.4, 0.5) is 0 Å². The molecule has 5 rings (SSSR count). The van der Waals surface area contributed by atoms with Gasteiger partial charge in [-0.15, -0.1) is 0 Å². The van der Waals surface area contributed by atoms with Gasteiger partial charge in [-0.1, -0.05) is 13.3 Å². The number of rotatable bonds is 7. The number of nitrogens with zero attached hydrogens (tertiary/aromatic N) is 2. The smallest absolute Gasteiger partial charge is 0.161 e. The highest BCUT2D eigenvalue weighted by Gasteiger charge is 2.42. The minimum Gasteiger partial charge on any atom is -0.493 e. The van der Waals surface area contributed by atoms with Crippen molar-refractivity contribution < 1.29 is 24.1 Å². The summed E-state index contributed by atoms with van der Waals surface area (Å²) in [6, 6.07) is 10.3. The molecule has 1 fully saturated rings. The van der Waals surface area contributed by atoms with Crippen molar-refractivity contribution in [3.63, 3.8) is 0 Å². The van der Waals surface area contributed by atoms with Crippen molar-refractivity contribution in [1.82, 2.24) is 9.88 Å². The second-order valence-corrected chi connectivity index (χ2v) is 9.80. The van der Waals surface area contributed by atoms with Gasteiger partial charge in [0.1, 0.15) is 0 Å². The van der Waals surface area contributed by atoms with E-state index in [4.69, 9.17) is 18.9 Å². The van der Waals surface area contributed by atoms with Gasteiger partial charge in [-0.25, -0.2) is 0 Å². The number of benzene rings is 2. The Morgan fingerprint density at radius 1 is 0.972 bits per heavy atom.